The lowest BCUT2D eigenvalue weighted by Crippen LogP contribution is -2.42. The Hall–Kier alpha value is -1.35. The summed E-state index contributed by atoms with van der Waals surface area (Å²) in [7, 11) is 0. The van der Waals surface area contributed by atoms with E-state index in [1.165, 1.54) is 5.56 Å². The highest BCUT2D eigenvalue weighted by atomic mass is 16.2. The highest BCUT2D eigenvalue weighted by molar-refractivity contribution is 5.95. The summed E-state index contributed by atoms with van der Waals surface area (Å²) in [6.45, 7) is 10.5. The van der Waals surface area contributed by atoms with E-state index in [-0.39, 0.29) is 16.7 Å². The third-order valence-corrected chi connectivity index (χ3v) is 4.24. The van der Waals surface area contributed by atoms with Crippen LogP contribution in [0.5, 0.6) is 0 Å². The van der Waals surface area contributed by atoms with Crippen molar-refractivity contribution in [3.8, 4) is 0 Å². The molecule has 3 heteroatoms. The molecule has 110 valence electrons. The molecule has 2 N–H and O–H groups in total. The van der Waals surface area contributed by atoms with Crippen molar-refractivity contribution < 1.29 is 4.79 Å². The largest absolute Gasteiger partial charge is 0.326 e. The molecule has 1 aliphatic rings. The van der Waals surface area contributed by atoms with Crippen LogP contribution in [0.4, 0.5) is 5.69 Å². The van der Waals surface area contributed by atoms with Crippen molar-refractivity contribution >= 4 is 11.6 Å². The van der Waals surface area contributed by atoms with Crippen molar-refractivity contribution in [2.75, 3.05) is 18.4 Å². The Morgan fingerprint density at radius 3 is 2.50 bits per heavy atom. The van der Waals surface area contributed by atoms with Gasteiger partial charge in [-0.3, -0.25) is 4.79 Å². The summed E-state index contributed by atoms with van der Waals surface area (Å²) in [6, 6.07) is 8.18. The van der Waals surface area contributed by atoms with Gasteiger partial charge in [0.2, 0.25) is 5.91 Å². The van der Waals surface area contributed by atoms with Gasteiger partial charge in [0.25, 0.3) is 0 Å². The van der Waals surface area contributed by atoms with Crippen LogP contribution in [-0.4, -0.2) is 19.0 Å². The molecular formula is C17H26N2O. The average molecular weight is 274 g/mol. The zero-order chi connectivity index (χ0) is 14.8. The number of piperidine rings is 1. The van der Waals surface area contributed by atoms with E-state index >= 15 is 0 Å². The number of nitrogens with one attached hydrogen (secondary N) is 2. The summed E-state index contributed by atoms with van der Waals surface area (Å²) < 4.78 is 0. The summed E-state index contributed by atoms with van der Waals surface area (Å²) in [4.78, 5) is 12.5. The molecule has 1 saturated heterocycles. The van der Waals surface area contributed by atoms with Gasteiger partial charge < -0.3 is 10.6 Å². The topological polar surface area (TPSA) is 41.1 Å². The highest BCUT2D eigenvalue weighted by Gasteiger charge is 2.34. The molecule has 0 saturated carbocycles. The maximum atomic E-state index is 12.5. The standard InChI is InChI=1S/C17H26N2O/c1-16(2,3)13-6-5-7-14(12-13)19-15(20)17(4)8-10-18-11-9-17/h5-7,12,18H,8-11H2,1-4H3,(H,19,20). The van der Waals surface area contributed by atoms with Gasteiger partial charge in [-0.25, -0.2) is 0 Å². The Kier molecular flexibility index (Phi) is 4.19. The molecule has 0 radical (unpaired) electrons. The number of hydrogen-bond donors (Lipinski definition) is 2. The van der Waals surface area contributed by atoms with E-state index < -0.39 is 0 Å². The first kappa shape index (κ1) is 15.0. The first-order chi connectivity index (χ1) is 9.31. The van der Waals surface area contributed by atoms with Gasteiger partial charge in [0.05, 0.1) is 0 Å². The summed E-state index contributed by atoms with van der Waals surface area (Å²) in [5, 5.41) is 6.41. The van der Waals surface area contributed by atoms with Crippen LogP contribution in [-0.2, 0) is 10.2 Å². The van der Waals surface area contributed by atoms with Crippen LogP contribution < -0.4 is 10.6 Å². The lowest BCUT2D eigenvalue weighted by atomic mass is 9.80. The number of amides is 1. The Labute approximate surface area is 122 Å². The molecule has 1 amide bonds. The van der Waals surface area contributed by atoms with E-state index in [1.54, 1.807) is 0 Å². The second kappa shape index (κ2) is 5.57. The minimum Gasteiger partial charge on any atom is -0.326 e. The predicted molar refractivity (Wildman–Crippen MR) is 84.0 cm³/mol. The Morgan fingerprint density at radius 2 is 1.90 bits per heavy atom. The SMILES string of the molecule is CC1(C(=O)Nc2cccc(C(C)(C)C)c2)CCNCC1. The average Bonchev–Trinajstić information content (AvgIpc) is 2.39. The van der Waals surface area contributed by atoms with Crippen molar-refractivity contribution in [1.82, 2.24) is 5.32 Å². The second-order valence-electron chi connectivity index (χ2n) is 7.10. The number of rotatable bonds is 2. The van der Waals surface area contributed by atoms with Crippen LogP contribution in [0.3, 0.4) is 0 Å². The molecule has 0 atom stereocenters. The van der Waals surface area contributed by atoms with Gasteiger partial charge >= 0.3 is 0 Å². The molecule has 2 rings (SSSR count). The molecule has 0 bridgehead atoms. The summed E-state index contributed by atoms with van der Waals surface area (Å²) in [5.74, 6) is 0.144. The maximum absolute atomic E-state index is 12.5. The van der Waals surface area contributed by atoms with Crippen molar-refractivity contribution in [3.63, 3.8) is 0 Å². The van der Waals surface area contributed by atoms with Crippen LogP contribution in [0, 0.1) is 5.41 Å². The van der Waals surface area contributed by atoms with E-state index in [1.807, 2.05) is 12.1 Å². The lowest BCUT2D eigenvalue weighted by Gasteiger charge is -2.32. The molecule has 1 aliphatic heterocycles. The van der Waals surface area contributed by atoms with Gasteiger partial charge in [-0.15, -0.1) is 0 Å². The minimum atomic E-state index is -0.247. The molecule has 0 aromatic heterocycles. The minimum absolute atomic E-state index is 0.0966. The predicted octanol–water partition coefficient (Wildman–Crippen LogP) is 3.31. The number of carbonyl (C=O) groups excluding carboxylic acids is 1. The molecule has 1 heterocycles. The quantitative estimate of drug-likeness (QED) is 0.868. The third kappa shape index (κ3) is 3.40. The molecule has 0 unspecified atom stereocenters. The fraction of sp³-hybridized carbons (Fsp3) is 0.588. The molecule has 1 aromatic carbocycles. The van der Waals surface area contributed by atoms with Gasteiger partial charge in [-0.05, 0) is 49.0 Å². The Bertz CT molecular complexity index is 482. The van der Waals surface area contributed by atoms with Gasteiger partial charge in [0, 0.05) is 11.1 Å². The molecule has 3 nitrogen and oxygen atoms in total. The molecule has 20 heavy (non-hydrogen) atoms. The zero-order valence-electron chi connectivity index (χ0n) is 13.0. The van der Waals surface area contributed by atoms with Crippen molar-refractivity contribution in [3.05, 3.63) is 29.8 Å². The summed E-state index contributed by atoms with van der Waals surface area (Å²) >= 11 is 0. The van der Waals surface area contributed by atoms with Crippen molar-refractivity contribution in [2.45, 2.75) is 46.0 Å². The number of benzene rings is 1. The smallest absolute Gasteiger partial charge is 0.230 e. The first-order valence-electron chi connectivity index (χ1n) is 7.44. The molecule has 1 fully saturated rings. The molecule has 1 aromatic rings. The third-order valence-electron chi connectivity index (χ3n) is 4.24. The molecule has 0 aliphatic carbocycles. The zero-order valence-corrected chi connectivity index (χ0v) is 13.0. The fourth-order valence-corrected chi connectivity index (χ4v) is 2.55. The second-order valence-corrected chi connectivity index (χ2v) is 7.10. The summed E-state index contributed by atoms with van der Waals surface area (Å²) in [6.07, 6.45) is 1.80. The van der Waals surface area contributed by atoms with Crippen LogP contribution in [0.1, 0.15) is 46.1 Å². The molecule has 0 spiro atoms. The number of anilines is 1. The van der Waals surface area contributed by atoms with E-state index in [0.29, 0.717) is 0 Å². The maximum Gasteiger partial charge on any atom is 0.230 e. The lowest BCUT2D eigenvalue weighted by molar-refractivity contribution is -0.126. The Balaban J connectivity index is 2.12. The van der Waals surface area contributed by atoms with Crippen molar-refractivity contribution in [2.24, 2.45) is 5.41 Å². The van der Waals surface area contributed by atoms with E-state index in [4.69, 9.17) is 0 Å². The van der Waals surface area contributed by atoms with Crippen molar-refractivity contribution in [1.29, 1.82) is 0 Å². The van der Waals surface area contributed by atoms with Crippen LogP contribution >= 0.6 is 0 Å². The van der Waals surface area contributed by atoms with E-state index in [0.717, 1.165) is 31.6 Å². The summed E-state index contributed by atoms with van der Waals surface area (Å²) in [5.41, 5.74) is 2.00. The van der Waals surface area contributed by atoms with Gasteiger partial charge in [-0.2, -0.15) is 0 Å². The van der Waals surface area contributed by atoms with Gasteiger partial charge in [-0.1, -0.05) is 39.8 Å². The first-order valence-corrected chi connectivity index (χ1v) is 7.44. The normalized spacial score (nSPS) is 18.6. The van der Waals surface area contributed by atoms with Crippen LogP contribution in [0.15, 0.2) is 24.3 Å². The highest BCUT2D eigenvalue weighted by Crippen LogP contribution is 2.30. The van der Waals surface area contributed by atoms with Crippen LogP contribution in [0.25, 0.3) is 0 Å². The fourth-order valence-electron chi connectivity index (χ4n) is 2.55. The monoisotopic (exact) mass is 274 g/mol. The van der Waals surface area contributed by atoms with Crippen LogP contribution in [0.2, 0.25) is 0 Å². The van der Waals surface area contributed by atoms with Gasteiger partial charge in [0.15, 0.2) is 0 Å². The number of carbonyl (C=O) groups is 1. The van der Waals surface area contributed by atoms with E-state index in [2.05, 4.69) is 50.5 Å². The Morgan fingerprint density at radius 1 is 1.25 bits per heavy atom. The van der Waals surface area contributed by atoms with E-state index in [9.17, 15) is 4.79 Å². The van der Waals surface area contributed by atoms with Gasteiger partial charge in [0.1, 0.15) is 0 Å². The molecular weight excluding hydrogens is 248 g/mol. The number of hydrogen-bond acceptors (Lipinski definition) is 2.